The van der Waals surface area contributed by atoms with E-state index < -0.39 is 0 Å². The summed E-state index contributed by atoms with van der Waals surface area (Å²) in [5.41, 5.74) is 0.977. The first-order valence-electron chi connectivity index (χ1n) is 5.90. The largest absolute Gasteiger partial charge is 0.381 e. The summed E-state index contributed by atoms with van der Waals surface area (Å²) in [6.07, 6.45) is 2.15. The molecule has 17 heavy (non-hydrogen) atoms. The molecule has 0 bridgehead atoms. The van der Waals surface area contributed by atoms with Crippen molar-refractivity contribution in [3.63, 3.8) is 0 Å². The molecule has 2 rings (SSSR count). The van der Waals surface area contributed by atoms with E-state index in [1.807, 2.05) is 0 Å². The molecule has 5 heteroatoms. The standard InChI is InChI=1S/C12H16BrClN2O/c1-7(2)10-9(13)11(14)16-12(15-10)8-4-3-5-17-6-8/h7-8H,3-6H2,1-2H3. The molecule has 94 valence electrons. The minimum atomic E-state index is 0.284. The minimum Gasteiger partial charge on any atom is -0.381 e. The lowest BCUT2D eigenvalue weighted by molar-refractivity contribution is 0.0779. The van der Waals surface area contributed by atoms with Crippen LogP contribution in [0.3, 0.4) is 0 Å². The first kappa shape index (κ1) is 13.2. The molecule has 0 saturated carbocycles. The van der Waals surface area contributed by atoms with Gasteiger partial charge in [0, 0.05) is 12.5 Å². The molecule has 1 aromatic rings. The van der Waals surface area contributed by atoms with E-state index in [1.165, 1.54) is 0 Å². The summed E-state index contributed by atoms with van der Waals surface area (Å²) >= 11 is 9.59. The summed E-state index contributed by atoms with van der Waals surface area (Å²) in [5, 5.41) is 0.504. The van der Waals surface area contributed by atoms with Crippen molar-refractivity contribution < 1.29 is 4.74 Å². The molecule has 2 heterocycles. The fourth-order valence-corrected chi connectivity index (χ4v) is 2.78. The van der Waals surface area contributed by atoms with Crippen LogP contribution >= 0.6 is 27.5 Å². The second-order valence-electron chi connectivity index (χ2n) is 4.64. The molecule has 1 aromatic heterocycles. The molecule has 1 aliphatic rings. The average Bonchev–Trinajstić information content (AvgIpc) is 2.33. The number of nitrogens with zero attached hydrogens (tertiary/aromatic N) is 2. The van der Waals surface area contributed by atoms with Crippen molar-refractivity contribution in [2.75, 3.05) is 13.2 Å². The van der Waals surface area contributed by atoms with Gasteiger partial charge in [0.25, 0.3) is 0 Å². The van der Waals surface area contributed by atoms with Crippen molar-refractivity contribution in [1.82, 2.24) is 9.97 Å². The summed E-state index contributed by atoms with van der Waals surface area (Å²) in [6.45, 7) is 5.75. The van der Waals surface area contributed by atoms with Gasteiger partial charge in [-0.15, -0.1) is 0 Å². The number of halogens is 2. The van der Waals surface area contributed by atoms with Gasteiger partial charge in [-0.2, -0.15) is 0 Å². The fourth-order valence-electron chi connectivity index (χ4n) is 1.96. The lowest BCUT2D eigenvalue weighted by atomic mass is 10.0. The third-order valence-electron chi connectivity index (χ3n) is 2.93. The Morgan fingerprint density at radius 1 is 1.41 bits per heavy atom. The molecule has 1 atom stereocenters. The molecular formula is C12H16BrClN2O. The zero-order chi connectivity index (χ0) is 12.4. The first-order chi connectivity index (χ1) is 8.09. The summed E-state index contributed by atoms with van der Waals surface area (Å²) in [6, 6.07) is 0. The lowest BCUT2D eigenvalue weighted by Gasteiger charge is -2.22. The van der Waals surface area contributed by atoms with Gasteiger partial charge in [0.05, 0.1) is 16.8 Å². The highest BCUT2D eigenvalue weighted by Gasteiger charge is 2.22. The highest BCUT2D eigenvalue weighted by Crippen LogP contribution is 2.31. The molecule has 0 aliphatic carbocycles. The fraction of sp³-hybridized carbons (Fsp3) is 0.667. The maximum atomic E-state index is 6.14. The van der Waals surface area contributed by atoms with Gasteiger partial charge in [-0.1, -0.05) is 25.4 Å². The molecule has 1 aliphatic heterocycles. The molecule has 1 fully saturated rings. The molecule has 0 N–H and O–H groups in total. The smallest absolute Gasteiger partial charge is 0.147 e. The second-order valence-corrected chi connectivity index (χ2v) is 5.79. The van der Waals surface area contributed by atoms with Crippen LogP contribution in [0.25, 0.3) is 0 Å². The monoisotopic (exact) mass is 318 g/mol. The van der Waals surface area contributed by atoms with E-state index >= 15 is 0 Å². The van der Waals surface area contributed by atoms with E-state index in [0.29, 0.717) is 17.7 Å². The van der Waals surface area contributed by atoms with Gasteiger partial charge < -0.3 is 4.74 Å². The van der Waals surface area contributed by atoms with Gasteiger partial charge >= 0.3 is 0 Å². The van der Waals surface area contributed by atoms with Crippen LogP contribution in [0, 0.1) is 0 Å². The van der Waals surface area contributed by atoms with Crippen molar-refractivity contribution in [2.45, 2.75) is 38.5 Å². The Hall–Kier alpha value is -0.190. The van der Waals surface area contributed by atoms with Gasteiger partial charge in [-0.05, 0) is 34.7 Å². The quantitative estimate of drug-likeness (QED) is 0.775. The second kappa shape index (κ2) is 5.63. The van der Waals surface area contributed by atoms with E-state index in [0.717, 1.165) is 35.4 Å². The van der Waals surface area contributed by atoms with E-state index in [4.69, 9.17) is 16.3 Å². The number of hydrogen-bond donors (Lipinski definition) is 0. The highest BCUT2D eigenvalue weighted by molar-refractivity contribution is 9.10. The highest BCUT2D eigenvalue weighted by atomic mass is 79.9. The molecule has 0 spiro atoms. The number of ether oxygens (including phenoxy) is 1. The predicted molar refractivity (Wildman–Crippen MR) is 71.6 cm³/mol. The molecule has 0 amide bonds. The van der Waals surface area contributed by atoms with Gasteiger partial charge in [-0.3, -0.25) is 0 Å². The molecule has 1 unspecified atom stereocenters. The van der Waals surface area contributed by atoms with Crippen LogP contribution in [-0.2, 0) is 4.74 Å². The summed E-state index contributed by atoms with van der Waals surface area (Å²) in [7, 11) is 0. The van der Waals surface area contributed by atoms with Crippen LogP contribution in [0.2, 0.25) is 5.15 Å². The Morgan fingerprint density at radius 3 is 2.76 bits per heavy atom. The number of hydrogen-bond acceptors (Lipinski definition) is 3. The summed E-state index contributed by atoms with van der Waals surface area (Å²) < 4.78 is 6.29. The normalized spacial score (nSPS) is 20.9. The summed E-state index contributed by atoms with van der Waals surface area (Å²) in [4.78, 5) is 9.00. The van der Waals surface area contributed by atoms with Gasteiger partial charge in [0.1, 0.15) is 11.0 Å². The van der Waals surface area contributed by atoms with Crippen molar-refractivity contribution in [2.24, 2.45) is 0 Å². The van der Waals surface area contributed by atoms with Crippen molar-refractivity contribution in [3.8, 4) is 0 Å². The Labute approximate surface area is 115 Å². The third-order valence-corrected chi connectivity index (χ3v) is 4.21. The first-order valence-corrected chi connectivity index (χ1v) is 7.07. The SMILES string of the molecule is CC(C)c1nc(C2CCCOC2)nc(Cl)c1Br. The lowest BCUT2D eigenvalue weighted by Crippen LogP contribution is -2.19. The van der Waals surface area contributed by atoms with Gasteiger partial charge in [0.2, 0.25) is 0 Å². The van der Waals surface area contributed by atoms with Crippen molar-refractivity contribution >= 4 is 27.5 Å². The van der Waals surface area contributed by atoms with Crippen LogP contribution < -0.4 is 0 Å². The Morgan fingerprint density at radius 2 is 2.18 bits per heavy atom. The van der Waals surface area contributed by atoms with Crippen LogP contribution in [0.5, 0.6) is 0 Å². The average molecular weight is 320 g/mol. The Kier molecular flexibility index (Phi) is 4.39. The third kappa shape index (κ3) is 2.98. The van der Waals surface area contributed by atoms with Gasteiger partial charge in [0.15, 0.2) is 0 Å². The van der Waals surface area contributed by atoms with Crippen LogP contribution in [0.4, 0.5) is 0 Å². The maximum Gasteiger partial charge on any atom is 0.147 e. The van der Waals surface area contributed by atoms with E-state index in [9.17, 15) is 0 Å². The molecule has 3 nitrogen and oxygen atoms in total. The molecular weight excluding hydrogens is 304 g/mol. The van der Waals surface area contributed by atoms with Crippen LogP contribution in [0.15, 0.2) is 4.47 Å². The summed E-state index contributed by atoms with van der Waals surface area (Å²) in [5.74, 6) is 1.43. The zero-order valence-corrected chi connectivity index (χ0v) is 12.4. The topological polar surface area (TPSA) is 35.0 Å². The van der Waals surface area contributed by atoms with E-state index in [1.54, 1.807) is 0 Å². The van der Waals surface area contributed by atoms with Gasteiger partial charge in [-0.25, -0.2) is 9.97 Å². The molecule has 0 aromatic carbocycles. The molecule has 1 saturated heterocycles. The number of aromatic nitrogens is 2. The zero-order valence-electron chi connectivity index (χ0n) is 10.0. The number of rotatable bonds is 2. The predicted octanol–water partition coefficient (Wildman–Crippen LogP) is 3.91. The van der Waals surface area contributed by atoms with Crippen molar-refractivity contribution in [3.05, 3.63) is 21.1 Å². The van der Waals surface area contributed by atoms with Crippen LogP contribution in [0.1, 0.15) is 50.0 Å². The maximum absolute atomic E-state index is 6.14. The minimum absolute atomic E-state index is 0.284. The van der Waals surface area contributed by atoms with E-state index in [2.05, 4.69) is 39.7 Å². The van der Waals surface area contributed by atoms with E-state index in [-0.39, 0.29) is 5.92 Å². The Balaban J connectivity index is 2.34. The van der Waals surface area contributed by atoms with Crippen LogP contribution in [-0.4, -0.2) is 23.2 Å². The van der Waals surface area contributed by atoms with Crippen molar-refractivity contribution in [1.29, 1.82) is 0 Å². The molecule has 0 radical (unpaired) electrons. The Bertz CT molecular complexity index is 406.